The van der Waals surface area contributed by atoms with Crippen LogP contribution >= 0.6 is 24.0 Å². The van der Waals surface area contributed by atoms with Gasteiger partial charge in [-0.25, -0.2) is 4.39 Å². The summed E-state index contributed by atoms with van der Waals surface area (Å²) in [5.74, 6) is -0.668. The molecule has 0 fully saturated rings. The summed E-state index contributed by atoms with van der Waals surface area (Å²) in [7, 11) is 0. The molecule has 0 aliphatic carbocycles. The maximum Gasteiger partial charge on any atom is 0.251 e. The fourth-order valence-corrected chi connectivity index (χ4v) is 1.38. The average molecular weight is 222 g/mol. The first-order chi connectivity index (χ1) is 5.68. The van der Waals surface area contributed by atoms with Crippen LogP contribution in [0.4, 0.5) is 4.39 Å². The van der Waals surface area contributed by atoms with Crippen molar-refractivity contribution in [2.24, 2.45) is 0 Å². The van der Waals surface area contributed by atoms with Gasteiger partial charge in [0.15, 0.2) is 0 Å². The van der Waals surface area contributed by atoms with Gasteiger partial charge in [-0.2, -0.15) is 0 Å². The molecule has 13 heavy (non-hydrogen) atoms. The smallest absolute Gasteiger partial charge is 0.251 e. The summed E-state index contributed by atoms with van der Waals surface area (Å²) in [6, 6.07) is 2.64. The van der Waals surface area contributed by atoms with Gasteiger partial charge >= 0.3 is 0 Å². The molecule has 1 heterocycles. The standard InChI is InChI=1S/C8H5ClFNO.ClH/c9-6-2-5-4(1-7(6)10)3-11-8(5)12;/h1-2H,3H2,(H,11,12);1H. The number of hydrogen-bond acceptors (Lipinski definition) is 1. The lowest BCUT2D eigenvalue weighted by Gasteiger charge is -1.97. The van der Waals surface area contributed by atoms with Crippen molar-refractivity contribution in [2.45, 2.75) is 6.54 Å². The molecule has 5 heteroatoms. The van der Waals surface area contributed by atoms with Gasteiger partial charge in [-0.15, -0.1) is 12.4 Å². The number of hydrogen-bond donors (Lipinski definition) is 1. The molecular weight excluding hydrogens is 216 g/mol. The lowest BCUT2D eigenvalue weighted by Crippen LogP contribution is -2.12. The molecule has 1 N–H and O–H groups in total. The zero-order valence-electron chi connectivity index (χ0n) is 6.43. The number of benzene rings is 1. The molecule has 1 aromatic rings. The summed E-state index contributed by atoms with van der Waals surface area (Å²) in [5, 5.41) is 2.57. The highest BCUT2D eigenvalue weighted by Crippen LogP contribution is 2.23. The van der Waals surface area contributed by atoms with Gasteiger partial charge in [0, 0.05) is 12.1 Å². The van der Waals surface area contributed by atoms with Crippen LogP contribution in [-0.4, -0.2) is 5.91 Å². The van der Waals surface area contributed by atoms with Gasteiger partial charge in [0.05, 0.1) is 5.02 Å². The lowest BCUT2D eigenvalue weighted by molar-refractivity contribution is 0.0966. The van der Waals surface area contributed by atoms with Crippen molar-refractivity contribution in [1.29, 1.82) is 0 Å². The normalized spacial score (nSPS) is 13.2. The number of rotatable bonds is 0. The van der Waals surface area contributed by atoms with Crippen LogP contribution in [0.1, 0.15) is 15.9 Å². The van der Waals surface area contributed by atoms with Gasteiger partial charge in [0.2, 0.25) is 0 Å². The van der Waals surface area contributed by atoms with Crippen LogP contribution in [0.15, 0.2) is 12.1 Å². The first-order valence-electron chi connectivity index (χ1n) is 3.44. The minimum absolute atomic E-state index is 0. The third-order valence-electron chi connectivity index (χ3n) is 1.83. The van der Waals surface area contributed by atoms with Gasteiger partial charge in [-0.3, -0.25) is 4.79 Å². The van der Waals surface area contributed by atoms with E-state index in [0.717, 1.165) is 0 Å². The van der Waals surface area contributed by atoms with Crippen LogP contribution in [-0.2, 0) is 6.54 Å². The minimum Gasteiger partial charge on any atom is -0.348 e. The van der Waals surface area contributed by atoms with Crippen molar-refractivity contribution in [1.82, 2.24) is 5.32 Å². The fourth-order valence-electron chi connectivity index (χ4n) is 1.22. The van der Waals surface area contributed by atoms with Crippen LogP contribution in [0.3, 0.4) is 0 Å². The van der Waals surface area contributed by atoms with E-state index in [2.05, 4.69) is 5.32 Å². The molecule has 1 amide bonds. The van der Waals surface area contributed by atoms with Crippen LogP contribution in [0.2, 0.25) is 5.02 Å². The average Bonchev–Trinajstić information content (AvgIpc) is 2.35. The number of fused-ring (bicyclic) bond motifs is 1. The van der Waals surface area contributed by atoms with Gasteiger partial charge < -0.3 is 5.32 Å². The topological polar surface area (TPSA) is 29.1 Å². The van der Waals surface area contributed by atoms with Gasteiger partial charge in [0.25, 0.3) is 5.91 Å². The van der Waals surface area contributed by atoms with Crippen molar-refractivity contribution < 1.29 is 9.18 Å². The van der Waals surface area contributed by atoms with Crippen LogP contribution < -0.4 is 5.32 Å². The second-order valence-electron chi connectivity index (χ2n) is 2.61. The number of carbonyl (C=O) groups is 1. The predicted octanol–water partition coefficient (Wildman–Crippen LogP) is 2.14. The summed E-state index contributed by atoms with van der Waals surface area (Å²) in [5.41, 5.74) is 1.14. The first-order valence-corrected chi connectivity index (χ1v) is 3.82. The molecule has 0 saturated carbocycles. The Morgan fingerprint density at radius 2 is 2.15 bits per heavy atom. The molecule has 0 aromatic heterocycles. The first kappa shape index (κ1) is 10.3. The molecule has 1 aliphatic rings. The molecule has 0 saturated heterocycles. The number of carbonyl (C=O) groups excluding carboxylic acids is 1. The van der Waals surface area contributed by atoms with E-state index >= 15 is 0 Å². The van der Waals surface area contributed by atoms with Crippen molar-refractivity contribution >= 4 is 29.9 Å². The maximum absolute atomic E-state index is 12.8. The third-order valence-corrected chi connectivity index (χ3v) is 2.12. The number of nitrogens with one attached hydrogen (secondary N) is 1. The highest BCUT2D eigenvalue weighted by molar-refractivity contribution is 6.31. The molecule has 0 radical (unpaired) electrons. The molecule has 0 unspecified atom stereocenters. The quantitative estimate of drug-likeness (QED) is 0.715. The zero-order valence-corrected chi connectivity index (χ0v) is 8.01. The van der Waals surface area contributed by atoms with E-state index in [1.54, 1.807) is 0 Å². The largest absolute Gasteiger partial charge is 0.348 e. The fraction of sp³-hybridized carbons (Fsp3) is 0.125. The Bertz CT molecular complexity index is 367. The van der Waals surface area contributed by atoms with E-state index in [1.165, 1.54) is 12.1 Å². The van der Waals surface area contributed by atoms with Gasteiger partial charge in [-0.05, 0) is 17.7 Å². The zero-order chi connectivity index (χ0) is 8.72. The molecule has 1 aliphatic heterocycles. The Morgan fingerprint density at radius 3 is 2.85 bits per heavy atom. The third kappa shape index (κ3) is 1.62. The Morgan fingerprint density at radius 1 is 1.46 bits per heavy atom. The summed E-state index contributed by atoms with van der Waals surface area (Å²) < 4.78 is 12.8. The molecule has 0 spiro atoms. The van der Waals surface area contributed by atoms with Crippen molar-refractivity contribution in [3.05, 3.63) is 34.1 Å². The maximum atomic E-state index is 12.8. The Labute approximate surface area is 85.5 Å². The predicted molar refractivity (Wildman–Crippen MR) is 49.8 cm³/mol. The monoisotopic (exact) mass is 221 g/mol. The summed E-state index contributed by atoms with van der Waals surface area (Å²) in [6.07, 6.45) is 0. The van der Waals surface area contributed by atoms with E-state index in [4.69, 9.17) is 11.6 Å². The summed E-state index contributed by atoms with van der Waals surface area (Å²) in [4.78, 5) is 11.0. The van der Waals surface area contributed by atoms with E-state index in [1.807, 2.05) is 0 Å². The second-order valence-corrected chi connectivity index (χ2v) is 3.01. The highest BCUT2D eigenvalue weighted by atomic mass is 35.5. The molecule has 0 bridgehead atoms. The van der Waals surface area contributed by atoms with E-state index in [-0.39, 0.29) is 23.3 Å². The Balaban J connectivity index is 0.000000845. The lowest BCUT2D eigenvalue weighted by atomic mass is 10.1. The number of amides is 1. The van der Waals surface area contributed by atoms with E-state index in [0.29, 0.717) is 17.7 Å². The highest BCUT2D eigenvalue weighted by Gasteiger charge is 2.20. The van der Waals surface area contributed by atoms with Gasteiger partial charge in [-0.1, -0.05) is 11.6 Å². The molecular formula is C8H6Cl2FNO. The molecule has 0 atom stereocenters. The van der Waals surface area contributed by atoms with Gasteiger partial charge in [0.1, 0.15) is 5.82 Å². The summed E-state index contributed by atoms with van der Waals surface area (Å²) >= 11 is 5.50. The number of halogens is 3. The van der Waals surface area contributed by atoms with Crippen LogP contribution in [0.25, 0.3) is 0 Å². The SMILES string of the molecule is Cl.O=C1NCc2cc(F)c(Cl)cc21. The molecule has 1 aromatic carbocycles. The second kappa shape index (κ2) is 3.52. The van der Waals surface area contributed by atoms with Crippen LogP contribution in [0.5, 0.6) is 0 Å². The Kier molecular flexibility index (Phi) is 2.78. The van der Waals surface area contributed by atoms with Crippen molar-refractivity contribution in [3.63, 3.8) is 0 Å². The molecule has 2 nitrogen and oxygen atoms in total. The van der Waals surface area contributed by atoms with Crippen molar-refractivity contribution in [3.8, 4) is 0 Å². The Hall–Kier alpha value is -0.800. The van der Waals surface area contributed by atoms with Crippen molar-refractivity contribution in [2.75, 3.05) is 0 Å². The van der Waals surface area contributed by atoms with E-state index < -0.39 is 5.82 Å². The molecule has 70 valence electrons. The summed E-state index contributed by atoms with van der Waals surface area (Å²) in [6.45, 7) is 0.391. The van der Waals surface area contributed by atoms with E-state index in [9.17, 15) is 9.18 Å². The minimum atomic E-state index is -0.480. The molecule has 2 rings (SSSR count). The van der Waals surface area contributed by atoms with Crippen LogP contribution in [0, 0.1) is 5.82 Å².